The fraction of sp³-hybridized carbons (Fsp3) is 0.130. The zero-order chi connectivity index (χ0) is 23.8. The molecule has 1 aromatic carbocycles. The molecule has 5 rings (SSSR count). The number of hydrogen-bond acceptors (Lipinski definition) is 9. The van der Waals surface area contributed by atoms with Gasteiger partial charge in [-0.3, -0.25) is 9.89 Å². The van der Waals surface area contributed by atoms with E-state index in [0.717, 1.165) is 22.0 Å². The van der Waals surface area contributed by atoms with Crippen molar-refractivity contribution in [2.24, 2.45) is 5.73 Å². The normalized spacial score (nSPS) is 11.1. The van der Waals surface area contributed by atoms with Crippen LogP contribution in [0.25, 0.3) is 33.4 Å². The van der Waals surface area contributed by atoms with E-state index in [4.69, 9.17) is 20.6 Å². The Bertz CT molecular complexity index is 1540. The molecular formula is C23H20N8O3. The number of anilines is 1. The van der Waals surface area contributed by atoms with Crippen LogP contribution in [0, 0.1) is 13.8 Å². The van der Waals surface area contributed by atoms with Crippen LogP contribution in [0.5, 0.6) is 6.01 Å². The molecule has 0 fully saturated rings. The van der Waals surface area contributed by atoms with E-state index in [9.17, 15) is 4.79 Å². The van der Waals surface area contributed by atoms with Crippen molar-refractivity contribution in [3.05, 3.63) is 65.8 Å². The predicted octanol–water partition coefficient (Wildman–Crippen LogP) is 2.95. The summed E-state index contributed by atoms with van der Waals surface area (Å²) in [6.45, 7) is 3.83. The third kappa shape index (κ3) is 3.79. The predicted molar refractivity (Wildman–Crippen MR) is 124 cm³/mol. The van der Waals surface area contributed by atoms with E-state index in [1.165, 1.54) is 12.5 Å². The summed E-state index contributed by atoms with van der Waals surface area (Å²) in [5, 5.41) is 7.94. The molecule has 11 heteroatoms. The van der Waals surface area contributed by atoms with E-state index in [1.807, 2.05) is 19.1 Å². The second-order valence-corrected chi connectivity index (χ2v) is 7.64. The lowest BCUT2D eigenvalue weighted by molar-refractivity contribution is 0.0996. The highest BCUT2D eigenvalue weighted by Crippen LogP contribution is 2.37. The minimum Gasteiger partial charge on any atom is -0.457 e. The Morgan fingerprint density at radius 1 is 1.15 bits per heavy atom. The first-order valence-corrected chi connectivity index (χ1v) is 10.3. The summed E-state index contributed by atoms with van der Waals surface area (Å²) in [7, 11) is 0. The van der Waals surface area contributed by atoms with Crippen LogP contribution in [0.2, 0.25) is 0 Å². The minimum atomic E-state index is -0.746. The fourth-order valence-electron chi connectivity index (χ4n) is 3.73. The van der Waals surface area contributed by atoms with Crippen LogP contribution in [0.1, 0.15) is 27.6 Å². The number of aromatic amines is 1. The maximum atomic E-state index is 12.2. The molecule has 4 heterocycles. The summed E-state index contributed by atoms with van der Waals surface area (Å²) < 4.78 is 10.8. The van der Waals surface area contributed by atoms with E-state index < -0.39 is 5.91 Å². The van der Waals surface area contributed by atoms with Crippen LogP contribution in [0.3, 0.4) is 0 Å². The molecule has 0 spiro atoms. The molecule has 5 N–H and O–H groups in total. The number of amides is 1. The lowest BCUT2D eigenvalue weighted by Gasteiger charge is -2.15. The first-order chi connectivity index (χ1) is 16.4. The zero-order valence-electron chi connectivity index (χ0n) is 18.4. The SMILES string of the molecule is Cc1nc(COc2nccc(-c3cc(-c4c(C)ccc5[nH]ncc45)c(N)c(C(N)=O)n3)n2)co1. The summed E-state index contributed by atoms with van der Waals surface area (Å²) in [6, 6.07) is 7.42. The average molecular weight is 456 g/mol. The van der Waals surface area contributed by atoms with Gasteiger partial charge in [-0.15, -0.1) is 0 Å². The van der Waals surface area contributed by atoms with Gasteiger partial charge in [0.1, 0.15) is 18.6 Å². The Morgan fingerprint density at radius 2 is 2.00 bits per heavy atom. The highest BCUT2D eigenvalue weighted by molar-refractivity contribution is 6.05. The maximum absolute atomic E-state index is 12.2. The molecule has 0 bridgehead atoms. The molecule has 5 aromatic rings. The van der Waals surface area contributed by atoms with Crippen LogP contribution in [-0.2, 0) is 6.61 Å². The van der Waals surface area contributed by atoms with Crippen molar-refractivity contribution in [2.45, 2.75) is 20.5 Å². The number of nitrogens with two attached hydrogens (primary N) is 2. The Balaban J connectivity index is 1.60. The van der Waals surface area contributed by atoms with Gasteiger partial charge in [0.2, 0.25) is 0 Å². The number of aromatic nitrogens is 6. The first-order valence-electron chi connectivity index (χ1n) is 10.3. The van der Waals surface area contributed by atoms with Crippen molar-refractivity contribution >= 4 is 22.5 Å². The van der Waals surface area contributed by atoms with Crippen molar-refractivity contribution in [2.75, 3.05) is 5.73 Å². The second kappa shape index (κ2) is 8.28. The number of pyridine rings is 1. The van der Waals surface area contributed by atoms with Crippen LogP contribution in [0.4, 0.5) is 5.69 Å². The molecule has 0 unspecified atom stereocenters. The number of hydrogen-bond donors (Lipinski definition) is 3. The fourth-order valence-corrected chi connectivity index (χ4v) is 3.73. The third-order valence-corrected chi connectivity index (χ3v) is 5.31. The van der Waals surface area contributed by atoms with Crippen molar-refractivity contribution < 1.29 is 13.9 Å². The average Bonchev–Trinajstić information content (AvgIpc) is 3.47. The summed E-state index contributed by atoms with van der Waals surface area (Å²) >= 11 is 0. The summed E-state index contributed by atoms with van der Waals surface area (Å²) in [4.78, 5) is 29.4. The van der Waals surface area contributed by atoms with Gasteiger partial charge in [0.15, 0.2) is 11.6 Å². The van der Waals surface area contributed by atoms with Crippen LogP contribution in [-0.4, -0.2) is 36.0 Å². The minimum absolute atomic E-state index is 0.0495. The van der Waals surface area contributed by atoms with Gasteiger partial charge in [-0.1, -0.05) is 6.07 Å². The Kier molecular flexibility index (Phi) is 5.13. The molecule has 1 amide bonds. The van der Waals surface area contributed by atoms with Gasteiger partial charge >= 0.3 is 6.01 Å². The van der Waals surface area contributed by atoms with Crippen molar-refractivity contribution in [3.8, 4) is 28.5 Å². The van der Waals surface area contributed by atoms with E-state index in [-0.39, 0.29) is 24.0 Å². The quantitative estimate of drug-likeness (QED) is 0.347. The van der Waals surface area contributed by atoms with Gasteiger partial charge in [-0.25, -0.2) is 15.0 Å². The van der Waals surface area contributed by atoms with Crippen LogP contribution >= 0.6 is 0 Å². The third-order valence-electron chi connectivity index (χ3n) is 5.31. The molecule has 0 saturated heterocycles. The van der Waals surface area contributed by atoms with Gasteiger partial charge in [0.25, 0.3) is 5.91 Å². The zero-order valence-corrected chi connectivity index (χ0v) is 18.4. The number of H-pyrrole nitrogens is 1. The molecule has 0 saturated carbocycles. The van der Waals surface area contributed by atoms with Crippen LogP contribution in [0.15, 0.2) is 47.3 Å². The maximum Gasteiger partial charge on any atom is 0.317 e. The number of nitrogens with zero attached hydrogens (tertiary/aromatic N) is 5. The number of carbonyl (C=O) groups excluding carboxylic acids is 1. The monoisotopic (exact) mass is 456 g/mol. The number of nitrogen functional groups attached to an aromatic ring is 1. The molecule has 34 heavy (non-hydrogen) atoms. The number of aryl methyl sites for hydroxylation is 2. The molecular weight excluding hydrogens is 436 g/mol. The smallest absolute Gasteiger partial charge is 0.317 e. The molecule has 0 atom stereocenters. The number of primary amides is 1. The van der Waals surface area contributed by atoms with Gasteiger partial charge in [-0.05, 0) is 36.2 Å². The molecule has 0 radical (unpaired) electrons. The Hall–Kier alpha value is -4.80. The standard InChI is InChI=1S/C23H20N8O3/c1-11-3-4-16-15(8-27-31-16)19(11)14-7-18(29-21(20(14)24)22(25)32)17-5-6-26-23(30-17)34-10-13-9-33-12(2)28-13/h3-9H,10,24H2,1-2H3,(H2,25,32)(H,27,31). The summed E-state index contributed by atoms with van der Waals surface area (Å²) in [5.74, 6) is -0.210. The summed E-state index contributed by atoms with van der Waals surface area (Å²) in [5.41, 5.74) is 16.7. The van der Waals surface area contributed by atoms with Gasteiger partial charge < -0.3 is 20.6 Å². The molecule has 170 valence electrons. The Morgan fingerprint density at radius 3 is 2.76 bits per heavy atom. The molecule has 0 aliphatic rings. The van der Waals surface area contributed by atoms with Crippen molar-refractivity contribution in [1.82, 2.24) is 30.1 Å². The highest BCUT2D eigenvalue weighted by Gasteiger charge is 2.20. The lowest BCUT2D eigenvalue weighted by Crippen LogP contribution is -2.17. The first kappa shape index (κ1) is 21.1. The number of rotatable bonds is 6. The summed E-state index contributed by atoms with van der Waals surface area (Å²) in [6.07, 6.45) is 4.75. The second-order valence-electron chi connectivity index (χ2n) is 7.64. The molecule has 11 nitrogen and oxygen atoms in total. The highest BCUT2D eigenvalue weighted by atomic mass is 16.5. The number of fused-ring (bicyclic) bond motifs is 1. The van der Waals surface area contributed by atoms with Gasteiger partial charge in [-0.2, -0.15) is 10.1 Å². The number of oxazole rings is 1. The lowest BCUT2D eigenvalue weighted by atomic mass is 9.94. The number of ether oxygens (including phenoxy) is 1. The Labute approximate surface area is 193 Å². The molecule has 0 aliphatic heterocycles. The molecule has 0 aliphatic carbocycles. The number of carbonyl (C=O) groups is 1. The largest absolute Gasteiger partial charge is 0.457 e. The number of nitrogens with one attached hydrogen (secondary N) is 1. The van der Waals surface area contributed by atoms with Gasteiger partial charge in [0.05, 0.1) is 28.8 Å². The molecule has 4 aromatic heterocycles. The topological polar surface area (TPSA) is 172 Å². The van der Waals surface area contributed by atoms with E-state index in [0.29, 0.717) is 28.5 Å². The van der Waals surface area contributed by atoms with E-state index >= 15 is 0 Å². The van der Waals surface area contributed by atoms with E-state index in [2.05, 4.69) is 30.1 Å². The van der Waals surface area contributed by atoms with Crippen molar-refractivity contribution in [1.29, 1.82) is 0 Å². The van der Waals surface area contributed by atoms with Crippen LogP contribution < -0.4 is 16.2 Å². The number of benzene rings is 1. The van der Waals surface area contributed by atoms with E-state index in [1.54, 1.807) is 25.3 Å². The van der Waals surface area contributed by atoms with Crippen molar-refractivity contribution in [3.63, 3.8) is 0 Å². The van der Waals surface area contributed by atoms with Gasteiger partial charge in [0, 0.05) is 24.1 Å².